The van der Waals surface area contributed by atoms with Gasteiger partial charge in [-0.2, -0.15) is 0 Å². The van der Waals surface area contributed by atoms with Crippen molar-refractivity contribution in [1.82, 2.24) is 0 Å². The van der Waals surface area contributed by atoms with Crippen LogP contribution < -0.4 is 14.2 Å². The van der Waals surface area contributed by atoms with Crippen LogP contribution in [0.25, 0.3) is 22.3 Å². The lowest BCUT2D eigenvalue weighted by atomic mass is 9.99. The molecule has 7 heteroatoms. The maximum atomic E-state index is 15.2. The molecule has 3 aromatic carbocycles. The van der Waals surface area contributed by atoms with E-state index in [4.69, 9.17) is 14.2 Å². The molecule has 0 saturated heterocycles. The van der Waals surface area contributed by atoms with Crippen LogP contribution >= 0.6 is 0 Å². The van der Waals surface area contributed by atoms with Crippen LogP contribution in [0.3, 0.4) is 0 Å². The van der Waals surface area contributed by atoms with E-state index in [9.17, 15) is 14.4 Å². The van der Waals surface area contributed by atoms with Gasteiger partial charge in [0.25, 0.3) is 0 Å². The summed E-state index contributed by atoms with van der Waals surface area (Å²) < 4.78 is 31.0. The molecule has 0 atom stereocenters. The van der Waals surface area contributed by atoms with Crippen molar-refractivity contribution in [3.05, 3.63) is 103 Å². The third kappa shape index (κ3) is 6.67. The van der Waals surface area contributed by atoms with Gasteiger partial charge in [0.1, 0.15) is 11.6 Å². The fourth-order valence-electron chi connectivity index (χ4n) is 3.05. The maximum absolute atomic E-state index is 15.2. The zero-order chi connectivity index (χ0) is 27.3. The molecule has 37 heavy (non-hydrogen) atoms. The smallest absolute Gasteiger partial charge is 0.338 e. The standard InChI is InChI=1S/C30H25FO6/c1-17(2)28(32)35-23-11-7-20(8-12-23)21-9-13-24(25(31)15-21)22-10-14-26(36-29(33)18(3)4)27(16-22)37-30(34)19(5)6/h7-16H,1,3,5H2,2,4,6H3. The highest BCUT2D eigenvalue weighted by molar-refractivity contribution is 5.91. The Kier molecular flexibility index (Phi) is 8.19. The Balaban J connectivity index is 1.92. The predicted octanol–water partition coefficient (Wildman–Crippen LogP) is 6.60. The van der Waals surface area contributed by atoms with E-state index in [0.717, 1.165) is 0 Å². The zero-order valence-corrected chi connectivity index (χ0v) is 20.7. The van der Waals surface area contributed by atoms with Crippen molar-refractivity contribution in [1.29, 1.82) is 0 Å². The second-order valence-corrected chi connectivity index (χ2v) is 8.39. The molecule has 0 fully saturated rings. The number of rotatable bonds is 8. The van der Waals surface area contributed by atoms with Gasteiger partial charge in [0.2, 0.25) is 0 Å². The largest absolute Gasteiger partial charge is 0.423 e. The molecule has 0 aliphatic rings. The van der Waals surface area contributed by atoms with Gasteiger partial charge in [0.15, 0.2) is 11.5 Å². The first-order valence-electron chi connectivity index (χ1n) is 11.1. The van der Waals surface area contributed by atoms with Crippen LogP contribution in [0, 0.1) is 5.82 Å². The van der Waals surface area contributed by atoms with Gasteiger partial charge in [0.05, 0.1) is 0 Å². The quantitative estimate of drug-likeness (QED) is 0.197. The minimum atomic E-state index is -0.724. The van der Waals surface area contributed by atoms with Gasteiger partial charge in [-0.15, -0.1) is 0 Å². The molecule has 0 bridgehead atoms. The number of ether oxygens (including phenoxy) is 3. The summed E-state index contributed by atoms with van der Waals surface area (Å²) in [6, 6.07) is 15.6. The van der Waals surface area contributed by atoms with Gasteiger partial charge in [-0.25, -0.2) is 18.8 Å². The topological polar surface area (TPSA) is 78.9 Å². The second-order valence-electron chi connectivity index (χ2n) is 8.39. The van der Waals surface area contributed by atoms with Crippen LogP contribution in [-0.4, -0.2) is 17.9 Å². The van der Waals surface area contributed by atoms with Gasteiger partial charge in [0, 0.05) is 22.3 Å². The zero-order valence-electron chi connectivity index (χ0n) is 20.7. The summed E-state index contributed by atoms with van der Waals surface area (Å²) in [5, 5.41) is 0. The molecule has 0 unspecified atom stereocenters. The predicted molar refractivity (Wildman–Crippen MR) is 139 cm³/mol. The summed E-state index contributed by atoms with van der Waals surface area (Å²) in [4.78, 5) is 35.8. The van der Waals surface area contributed by atoms with Crippen molar-refractivity contribution in [2.24, 2.45) is 0 Å². The third-order valence-corrected chi connectivity index (χ3v) is 5.07. The highest BCUT2D eigenvalue weighted by atomic mass is 19.1. The number of carbonyl (C=O) groups excluding carboxylic acids is 3. The monoisotopic (exact) mass is 500 g/mol. The summed E-state index contributed by atoms with van der Waals surface area (Å²) in [6.45, 7) is 15.1. The molecule has 0 aliphatic heterocycles. The average molecular weight is 501 g/mol. The number of esters is 3. The number of halogens is 1. The third-order valence-electron chi connectivity index (χ3n) is 5.07. The Morgan fingerprint density at radius 2 is 1.08 bits per heavy atom. The SMILES string of the molecule is C=C(C)C(=O)Oc1ccc(-c2ccc(-c3ccc(OC(=O)C(=C)C)c(OC(=O)C(=C)C)c3)c(F)c2)cc1. The van der Waals surface area contributed by atoms with Crippen LogP contribution in [0.1, 0.15) is 20.8 Å². The number of hydrogen-bond acceptors (Lipinski definition) is 6. The normalized spacial score (nSPS) is 10.3. The van der Waals surface area contributed by atoms with Gasteiger partial charge in [-0.3, -0.25) is 0 Å². The molecule has 3 rings (SSSR count). The van der Waals surface area contributed by atoms with E-state index in [1.54, 1.807) is 49.4 Å². The first kappa shape index (κ1) is 26.8. The molecule has 6 nitrogen and oxygen atoms in total. The van der Waals surface area contributed by atoms with E-state index in [1.807, 2.05) is 0 Å². The molecule has 0 aromatic heterocycles. The molecule has 0 amide bonds. The van der Waals surface area contributed by atoms with Gasteiger partial charge < -0.3 is 14.2 Å². The van der Waals surface area contributed by atoms with Crippen molar-refractivity contribution in [3.8, 4) is 39.5 Å². The summed E-state index contributed by atoms with van der Waals surface area (Å²) in [6.07, 6.45) is 0. The molecular formula is C30H25FO6. The van der Waals surface area contributed by atoms with E-state index >= 15 is 4.39 Å². The molecule has 188 valence electrons. The Hall–Kier alpha value is -4.78. The Morgan fingerprint density at radius 1 is 0.595 bits per heavy atom. The molecular weight excluding hydrogens is 475 g/mol. The molecule has 0 N–H and O–H groups in total. The van der Waals surface area contributed by atoms with Crippen LogP contribution in [0.15, 0.2) is 97.1 Å². The lowest BCUT2D eigenvalue weighted by Crippen LogP contribution is -2.12. The lowest BCUT2D eigenvalue weighted by molar-refractivity contribution is -0.132. The fourth-order valence-corrected chi connectivity index (χ4v) is 3.05. The van der Waals surface area contributed by atoms with Crippen molar-refractivity contribution in [2.75, 3.05) is 0 Å². The summed E-state index contributed by atoms with van der Waals surface area (Å²) in [7, 11) is 0. The molecule has 0 saturated carbocycles. The summed E-state index contributed by atoms with van der Waals surface area (Å²) in [5.41, 5.74) is 2.51. The van der Waals surface area contributed by atoms with Crippen molar-refractivity contribution in [2.45, 2.75) is 20.8 Å². The highest BCUT2D eigenvalue weighted by Crippen LogP contribution is 2.36. The number of carbonyl (C=O) groups is 3. The minimum Gasteiger partial charge on any atom is -0.423 e. The molecule has 0 spiro atoms. The van der Waals surface area contributed by atoms with E-state index < -0.39 is 23.7 Å². The van der Waals surface area contributed by atoms with Crippen LogP contribution in [0.2, 0.25) is 0 Å². The van der Waals surface area contributed by atoms with E-state index in [1.165, 1.54) is 32.0 Å². The first-order chi connectivity index (χ1) is 17.5. The summed E-state index contributed by atoms with van der Waals surface area (Å²) >= 11 is 0. The van der Waals surface area contributed by atoms with Gasteiger partial charge in [-0.05, 0) is 67.8 Å². The molecule has 3 aromatic rings. The van der Waals surface area contributed by atoms with Gasteiger partial charge >= 0.3 is 17.9 Å². The first-order valence-corrected chi connectivity index (χ1v) is 11.1. The molecule has 0 aliphatic carbocycles. The van der Waals surface area contributed by atoms with E-state index in [-0.39, 0.29) is 33.8 Å². The number of benzene rings is 3. The molecule has 0 radical (unpaired) electrons. The Morgan fingerprint density at radius 3 is 1.62 bits per heavy atom. The van der Waals surface area contributed by atoms with Gasteiger partial charge in [-0.1, -0.05) is 50.1 Å². The lowest BCUT2D eigenvalue weighted by Gasteiger charge is -2.13. The summed E-state index contributed by atoms with van der Waals surface area (Å²) in [5.74, 6) is -2.22. The van der Waals surface area contributed by atoms with Crippen molar-refractivity contribution >= 4 is 17.9 Å². The van der Waals surface area contributed by atoms with E-state index in [2.05, 4.69) is 19.7 Å². The van der Waals surface area contributed by atoms with Crippen LogP contribution in [0.4, 0.5) is 4.39 Å². The second kappa shape index (κ2) is 11.3. The molecule has 0 heterocycles. The maximum Gasteiger partial charge on any atom is 0.338 e. The van der Waals surface area contributed by atoms with Crippen molar-refractivity contribution < 1.29 is 33.0 Å². The van der Waals surface area contributed by atoms with Crippen LogP contribution in [0.5, 0.6) is 17.2 Å². The van der Waals surface area contributed by atoms with Crippen LogP contribution in [-0.2, 0) is 14.4 Å². The minimum absolute atomic E-state index is 0.0178. The highest BCUT2D eigenvalue weighted by Gasteiger charge is 2.18. The Bertz CT molecular complexity index is 1430. The fraction of sp³-hybridized carbons (Fsp3) is 0.100. The van der Waals surface area contributed by atoms with Crippen molar-refractivity contribution in [3.63, 3.8) is 0 Å². The Labute approximate surface area is 214 Å². The number of hydrogen-bond donors (Lipinski definition) is 0. The van der Waals surface area contributed by atoms with E-state index in [0.29, 0.717) is 22.4 Å². The average Bonchev–Trinajstić information content (AvgIpc) is 2.85.